The van der Waals surface area contributed by atoms with Gasteiger partial charge in [0.15, 0.2) is 0 Å². The van der Waals surface area contributed by atoms with E-state index in [-0.39, 0.29) is 22.5 Å². The summed E-state index contributed by atoms with van der Waals surface area (Å²) in [4.78, 5) is 0. The molecule has 0 aliphatic carbocycles. The van der Waals surface area contributed by atoms with Crippen LogP contribution in [-0.4, -0.2) is 27.4 Å². The van der Waals surface area contributed by atoms with Gasteiger partial charge in [-0.3, -0.25) is 0 Å². The molecule has 18 heavy (non-hydrogen) atoms. The van der Waals surface area contributed by atoms with Crippen molar-refractivity contribution >= 4 is 11.2 Å². The van der Waals surface area contributed by atoms with E-state index in [1.165, 1.54) is 12.4 Å². The molecule has 94 valence electrons. The fourth-order valence-corrected chi connectivity index (χ4v) is 1.48. The van der Waals surface area contributed by atoms with Gasteiger partial charge in [0.25, 0.3) is 0 Å². The van der Waals surface area contributed by atoms with Gasteiger partial charge in [-0.2, -0.15) is 23.5 Å². The molecule has 0 saturated heterocycles. The number of hydrogen-bond acceptors (Lipinski definition) is 4. The van der Waals surface area contributed by atoms with E-state index >= 15 is 0 Å². The van der Waals surface area contributed by atoms with Crippen LogP contribution in [-0.2, 0) is 0 Å². The minimum Gasteiger partial charge on any atom is -0.506 e. The molecule has 8 heteroatoms. The number of pyridine rings is 1. The summed E-state index contributed by atoms with van der Waals surface area (Å²) in [5.41, 5.74) is 0.370. The van der Waals surface area contributed by atoms with Crippen molar-refractivity contribution in [1.29, 1.82) is 5.26 Å². The highest BCUT2D eigenvalue weighted by molar-refractivity contribution is 5.71. The topological polar surface area (TPSA) is 73.4 Å². The Hall–Kier alpha value is -2.43. The van der Waals surface area contributed by atoms with Gasteiger partial charge in [0.2, 0.25) is 0 Å². The molecule has 2 aromatic heterocycles. The average Bonchev–Trinajstić information content (AvgIpc) is 2.69. The third kappa shape index (κ3) is 2.29. The summed E-state index contributed by atoms with van der Waals surface area (Å²) in [6.07, 6.45) is -1.86. The zero-order valence-corrected chi connectivity index (χ0v) is 8.86. The molecule has 0 aliphatic rings. The highest BCUT2D eigenvalue weighted by Crippen LogP contribution is 2.26. The van der Waals surface area contributed by atoms with Crippen LogP contribution >= 0.6 is 0 Å². The van der Waals surface area contributed by atoms with Gasteiger partial charge < -0.3 is 10.4 Å². The maximum absolute atomic E-state index is 12.0. The number of rotatable bonds is 2. The molecule has 0 unspecified atom stereocenters. The minimum absolute atomic E-state index is 0.0601. The van der Waals surface area contributed by atoms with Crippen molar-refractivity contribution in [2.45, 2.75) is 6.18 Å². The first kappa shape index (κ1) is 12.0. The highest BCUT2D eigenvalue weighted by atomic mass is 19.4. The van der Waals surface area contributed by atoms with Crippen LogP contribution in [0.3, 0.4) is 0 Å². The normalized spacial score (nSPS) is 11.4. The van der Waals surface area contributed by atoms with E-state index < -0.39 is 12.7 Å². The van der Waals surface area contributed by atoms with E-state index in [1.54, 1.807) is 0 Å². The van der Waals surface area contributed by atoms with Crippen LogP contribution in [0.15, 0.2) is 18.5 Å². The summed E-state index contributed by atoms with van der Waals surface area (Å²) in [6, 6.07) is 2.94. The van der Waals surface area contributed by atoms with Crippen molar-refractivity contribution in [2.24, 2.45) is 0 Å². The number of aromatic nitrogens is 2. The van der Waals surface area contributed by atoms with Gasteiger partial charge in [0.1, 0.15) is 29.4 Å². The lowest BCUT2D eigenvalue weighted by molar-refractivity contribution is -0.115. The number of nitriles is 1. The van der Waals surface area contributed by atoms with Crippen LogP contribution in [0.4, 0.5) is 18.9 Å². The van der Waals surface area contributed by atoms with Gasteiger partial charge in [-0.25, -0.2) is 4.52 Å². The molecule has 0 atom stereocenters. The zero-order valence-electron chi connectivity index (χ0n) is 8.86. The Labute approximate surface area is 99.1 Å². The second-order valence-corrected chi connectivity index (χ2v) is 3.55. The third-order valence-electron chi connectivity index (χ3n) is 2.21. The number of anilines is 1. The van der Waals surface area contributed by atoms with E-state index in [9.17, 15) is 18.3 Å². The fraction of sp³-hybridized carbons (Fsp3) is 0.200. The van der Waals surface area contributed by atoms with Crippen molar-refractivity contribution in [2.75, 3.05) is 11.9 Å². The Morgan fingerprint density at radius 2 is 2.22 bits per heavy atom. The first-order chi connectivity index (χ1) is 8.40. The summed E-state index contributed by atoms with van der Waals surface area (Å²) in [5, 5.41) is 24.3. The Kier molecular flexibility index (Phi) is 2.74. The number of alkyl halides is 3. The van der Waals surface area contributed by atoms with E-state index in [0.29, 0.717) is 0 Å². The quantitative estimate of drug-likeness (QED) is 0.860. The van der Waals surface area contributed by atoms with Gasteiger partial charge in [-0.15, -0.1) is 0 Å². The Morgan fingerprint density at radius 3 is 2.83 bits per heavy atom. The van der Waals surface area contributed by atoms with Gasteiger partial charge >= 0.3 is 6.18 Å². The summed E-state index contributed by atoms with van der Waals surface area (Å²) in [7, 11) is 0. The standard InChI is InChI=1S/C10H7F3N4O/c11-10(12,13)5-15-7-1-8(18)9-6(2-14)3-16-17(9)4-7/h1,3-4,15,18H,5H2. The second-order valence-electron chi connectivity index (χ2n) is 3.55. The second kappa shape index (κ2) is 4.10. The van der Waals surface area contributed by atoms with Crippen LogP contribution in [0.25, 0.3) is 5.52 Å². The summed E-state index contributed by atoms with van der Waals surface area (Å²) in [6.45, 7) is -1.22. The molecular formula is C10H7F3N4O. The smallest absolute Gasteiger partial charge is 0.405 e. The summed E-state index contributed by atoms with van der Waals surface area (Å²) >= 11 is 0. The third-order valence-corrected chi connectivity index (χ3v) is 2.21. The van der Waals surface area contributed by atoms with E-state index in [4.69, 9.17) is 5.26 Å². The first-order valence-corrected chi connectivity index (χ1v) is 4.82. The highest BCUT2D eigenvalue weighted by Gasteiger charge is 2.26. The maximum atomic E-state index is 12.0. The van der Waals surface area contributed by atoms with Crippen LogP contribution in [0.5, 0.6) is 5.75 Å². The van der Waals surface area contributed by atoms with Crippen molar-refractivity contribution in [3.05, 3.63) is 24.0 Å². The molecule has 5 nitrogen and oxygen atoms in total. The monoisotopic (exact) mass is 256 g/mol. The van der Waals surface area contributed by atoms with Crippen LogP contribution < -0.4 is 5.32 Å². The van der Waals surface area contributed by atoms with E-state index in [1.807, 2.05) is 6.07 Å². The minimum atomic E-state index is -4.35. The van der Waals surface area contributed by atoms with Crippen LogP contribution in [0, 0.1) is 11.3 Å². The molecule has 2 N–H and O–H groups in total. The summed E-state index contributed by atoms with van der Waals surface area (Å²) in [5.74, 6) is -0.309. The van der Waals surface area contributed by atoms with E-state index in [2.05, 4.69) is 10.4 Å². The molecular weight excluding hydrogens is 249 g/mol. The molecule has 0 aliphatic heterocycles. The average molecular weight is 256 g/mol. The lowest BCUT2D eigenvalue weighted by Gasteiger charge is -2.10. The van der Waals surface area contributed by atoms with Gasteiger partial charge in [-0.05, 0) is 0 Å². The van der Waals surface area contributed by atoms with Gasteiger partial charge in [0, 0.05) is 6.07 Å². The van der Waals surface area contributed by atoms with Crippen molar-refractivity contribution < 1.29 is 18.3 Å². The number of nitrogens with one attached hydrogen (secondary N) is 1. The Balaban J connectivity index is 2.36. The largest absolute Gasteiger partial charge is 0.506 e. The molecule has 0 radical (unpaired) electrons. The Morgan fingerprint density at radius 1 is 1.50 bits per heavy atom. The van der Waals surface area contributed by atoms with Crippen molar-refractivity contribution in [1.82, 2.24) is 9.61 Å². The Bertz CT molecular complexity index is 626. The van der Waals surface area contributed by atoms with Crippen LogP contribution in [0.1, 0.15) is 5.56 Å². The lowest BCUT2D eigenvalue weighted by atomic mass is 10.2. The molecule has 0 bridgehead atoms. The summed E-state index contributed by atoms with van der Waals surface area (Å²) < 4.78 is 37.2. The number of nitrogens with zero attached hydrogens (tertiary/aromatic N) is 3. The molecule has 2 rings (SSSR count). The van der Waals surface area contributed by atoms with E-state index in [0.717, 1.165) is 10.6 Å². The molecule has 0 saturated carbocycles. The number of halogens is 3. The van der Waals surface area contributed by atoms with Crippen LogP contribution in [0.2, 0.25) is 0 Å². The zero-order chi connectivity index (χ0) is 13.3. The van der Waals surface area contributed by atoms with Gasteiger partial charge in [0.05, 0.1) is 18.1 Å². The maximum Gasteiger partial charge on any atom is 0.405 e. The fourth-order valence-electron chi connectivity index (χ4n) is 1.48. The number of aromatic hydroxyl groups is 1. The molecule has 2 heterocycles. The first-order valence-electron chi connectivity index (χ1n) is 4.82. The number of fused-ring (bicyclic) bond motifs is 1. The molecule has 0 spiro atoms. The molecule has 2 aromatic rings. The van der Waals surface area contributed by atoms with Crippen molar-refractivity contribution in [3.8, 4) is 11.8 Å². The van der Waals surface area contributed by atoms with Gasteiger partial charge in [-0.1, -0.05) is 0 Å². The number of hydrogen-bond donors (Lipinski definition) is 2. The molecule has 0 fully saturated rings. The SMILES string of the molecule is N#Cc1cnn2cc(NCC(F)(F)F)cc(O)c12. The molecule has 0 amide bonds. The van der Waals surface area contributed by atoms with Crippen molar-refractivity contribution in [3.63, 3.8) is 0 Å². The lowest BCUT2D eigenvalue weighted by Crippen LogP contribution is -2.21. The predicted molar refractivity (Wildman–Crippen MR) is 56.1 cm³/mol. The molecule has 0 aromatic carbocycles. The predicted octanol–water partition coefficient (Wildman–Crippen LogP) is 1.89.